The first-order valence-corrected chi connectivity index (χ1v) is 13.9. The number of nitrogens with zero attached hydrogens (tertiary/aromatic N) is 3. The topological polar surface area (TPSA) is 158 Å². The van der Waals surface area contributed by atoms with Crippen molar-refractivity contribution in [2.75, 3.05) is 49.8 Å². The van der Waals surface area contributed by atoms with Crippen LogP contribution in [0, 0.1) is 19.8 Å². The van der Waals surface area contributed by atoms with Gasteiger partial charge in [0.1, 0.15) is 29.0 Å². The molecule has 2 aromatic carbocycles. The highest BCUT2D eigenvalue weighted by molar-refractivity contribution is 6.02. The van der Waals surface area contributed by atoms with Crippen LogP contribution in [0.1, 0.15) is 35.7 Å². The van der Waals surface area contributed by atoms with Crippen LogP contribution in [0.15, 0.2) is 47.0 Å². The molecule has 4 rings (SSSR count). The molecule has 1 aromatic heterocycles. The first-order chi connectivity index (χ1) is 20.5. The van der Waals surface area contributed by atoms with Gasteiger partial charge in [-0.3, -0.25) is 4.79 Å². The molecule has 0 spiro atoms. The van der Waals surface area contributed by atoms with Gasteiger partial charge in [-0.1, -0.05) is 12.1 Å². The fourth-order valence-corrected chi connectivity index (χ4v) is 4.70. The van der Waals surface area contributed by atoms with E-state index in [4.69, 9.17) is 14.0 Å². The summed E-state index contributed by atoms with van der Waals surface area (Å²) in [7, 11) is 3.21. The van der Waals surface area contributed by atoms with E-state index in [0.717, 1.165) is 0 Å². The Morgan fingerprint density at radius 2 is 1.81 bits per heavy atom. The van der Waals surface area contributed by atoms with Crippen LogP contribution in [0.25, 0.3) is 0 Å². The molecule has 2 heterocycles. The molecular formula is C30H38N6O7. The highest BCUT2D eigenvalue weighted by Crippen LogP contribution is 2.31. The van der Waals surface area contributed by atoms with Crippen molar-refractivity contribution >= 4 is 35.0 Å². The van der Waals surface area contributed by atoms with Gasteiger partial charge in [-0.25, -0.2) is 9.59 Å². The van der Waals surface area contributed by atoms with Crippen LogP contribution in [0.3, 0.4) is 0 Å². The molecule has 0 unspecified atom stereocenters. The fraction of sp³-hybridized carbons (Fsp3) is 0.400. The van der Waals surface area contributed by atoms with Gasteiger partial charge in [0.05, 0.1) is 31.9 Å². The number of benzene rings is 2. The molecule has 0 radical (unpaired) electrons. The normalized spacial score (nSPS) is 17.1. The Labute approximate surface area is 250 Å². The summed E-state index contributed by atoms with van der Waals surface area (Å²) in [6.45, 7) is 7.39. The fourth-order valence-electron chi connectivity index (χ4n) is 4.70. The van der Waals surface area contributed by atoms with Crippen molar-refractivity contribution in [1.29, 1.82) is 0 Å². The van der Waals surface area contributed by atoms with Crippen LogP contribution >= 0.6 is 0 Å². The number of likely N-dealkylation sites (N-methyl/N-ethyl adjacent to an activating group) is 1. The van der Waals surface area contributed by atoms with Gasteiger partial charge < -0.3 is 44.9 Å². The molecule has 3 aromatic rings. The average molecular weight is 595 g/mol. The molecule has 13 nitrogen and oxygen atoms in total. The number of methoxy groups -OCH3 is 1. The van der Waals surface area contributed by atoms with Crippen molar-refractivity contribution in [3.05, 3.63) is 59.5 Å². The van der Waals surface area contributed by atoms with Crippen LogP contribution in [-0.2, 0) is 0 Å². The largest absolute Gasteiger partial charge is 0.497 e. The van der Waals surface area contributed by atoms with Crippen molar-refractivity contribution in [2.45, 2.75) is 39.8 Å². The van der Waals surface area contributed by atoms with Gasteiger partial charge in [0.25, 0.3) is 5.91 Å². The third-order valence-electron chi connectivity index (χ3n) is 7.34. The number of carbonyl (C=O) groups excluding carboxylic acids is 3. The molecule has 5 amide bonds. The maximum Gasteiger partial charge on any atom is 0.323 e. The predicted octanol–water partition coefficient (Wildman–Crippen LogP) is 4.33. The van der Waals surface area contributed by atoms with Crippen molar-refractivity contribution in [2.24, 2.45) is 5.92 Å². The zero-order chi connectivity index (χ0) is 31.3. The lowest BCUT2D eigenvalue weighted by molar-refractivity contribution is 0.0371. The van der Waals surface area contributed by atoms with E-state index in [1.165, 1.54) is 4.90 Å². The molecule has 4 N–H and O–H groups in total. The maximum atomic E-state index is 13.7. The highest BCUT2D eigenvalue weighted by atomic mass is 16.5. The average Bonchev–Trinajstić information content (AvgIpc) is 3.31. The number of anilines is 3. The third-order valence-corrected chi connectivity index (χ3v) is 7.34. The summed E-state index contributed by atoms with van der Waals surface area (Å²) in [6.07, 6.45) is -0.502. The quantitative estimate of drug-likeness (QED) is 0.300. The Kier molecular flexibility index (Phi) is 9.76. The summed E-state index contributed by atoms with van der Waals surface area (Å²) in [6, 6.07) is 10.3. The first kappa shape index (κ1) is 31.2. The standard InChI is InChI=1S/C30H38N6O7/c1-17-14-36(18(2)16-37)28(38)24-13-22(32-29(39)31-21-7-10-23(41-6)11-8-21)9-12-25(24)42-26(17)15-35(5)30(40)33-27-19(3)34-43-20(27)4/h7-13,17-18,26,37H,14-16H2,1-6H3,(H,33,40)(H2,31,32,39)/t17-,18+,26-/m0/s1. The van der Waals surface area contributed by atoms with E-state index in [1.54, 1.807) is 82.3 Å². The van der Waals surface area contributed by atoms with E-state index in [1.807, 2.05) is 6.92 Å². The number of urea groups is 2. The molecule has 3 atom stereocenters. The van der Waals surface area contributed by atoms with Crippen molar-refractivity contribution < 1.29 is 33.5 Å². The van der Waals surface area contributed by atoms with Crippen molar-refractivity contribution in [1.82, 2.24) is 15.0 Å². The summed E-state index contributed by atoms with van der Waals surface area (Å²) in [5.41, 5.74) is 2.24. The van der Waals surface area contributed by atoms with Gasteiger partial charge in [0.15, 0.2) is 5.76 Å². The number of hydrogen-bond acceptors (Lipinski definition) is 8. The van der Waals surface area contributed by atoms with Crippen LogP contribution in [-0.4, -0.2) is 84.0 Å². The molecule has 0 saturated carbocycles. The molecule has 43 heavy (non-hydrogen) atoms. The molecule has 1 aliphatic heterocycles. The van der Waals surface area contributed by atoms with E-state index >= 15 is 0 Å². The number of aliphatic hydroxyl groups is 1. The number of aromatic nitrogens is 1. The van der Waals surface area contributed by atoms with Crippen molar-refractivity contribution in [3.63, 3.8) is 0 Å². The van der Waals surface area contributed by atoms with Crippen LogP contribution in [0.2, 0.25) is 0 Å². The minimum Gasteiger partial charge on any atom is -0.497 e. The minimum atomic E-state index is -0.502. The number of nitrogens with one attached hydrogen (secondary N) is 3. The zero-order valence-corrected chi connectivity index (χ0v) is 25.1. The molecule has 0 aliphatic carbocycles. The van der Waals surface area contributed by atoms with Gasteiger partial charge in [-0.15, -0.1) is 0 Å². The molecule has 1 aliphatic rings. The van der Waals surface area contributed by atoms with Gasteiger partial charge in [-0.05, 0) is 63.2 Å². The number of aryl methyl sites for hydroxylation is 2. The number of amides is 5. The Morgan fingerprint density at radius 3 is 2.44 bits per heavy atom. The van der Waals surface area contributed by atoms with Crippen LogP contribution < -0.4 is 25.4 Å². The highest BCUT2D eigenvalue weighted by Gasteiger charge is 2.34. The molecule has 0 bridgehead atoms. The lowest BCUT2D eigenvalue weighted by atomic mass is 9.99. The maximum absolute atomic E-state index is 13.7. The van der Waals surface area contributed by atoms with Gasteiger partial charge in [0.2, 0.25) is 0 Å². The Bertz CT molecular complexity index is 1440. The number of carbonyl (C=O) groups is 3. The smallest absolute Gasteiger partial charge is 0.323 e. The number of ether oxygens (including phenoxy) is 2. The lowest BCUT2D eigenvalue weighted by Gasteiger charge is -2.38. The van der Waals surface area contributed by atoms with Gasteiger partial charge in [-0.2, -0.15) is 0 Å². The van der Waals surface area contributed by atoms with E-state index < -0.39 is 18.2 Å². The Hall–Kier alpha value is -4.78. The van der Waals surface area contributed by atoms with E-state index in [-0.39, 0.29) is 43.1 Å². The molecule has 230 valence electrons. The number of hydrogen-bond donors (Lipinski definition) is 4. The summed E-state index contributed by atoms with van der Waals surface area (Å²) >= 11 is 0. The Balaban J connectivity index is 1.54. The summed E-state index contributed by atoms with van der Waals surface area (Å²) in [5, 5.41) is 22.1. The number of rotatable bonds is 8. The van der Waals surface area contributed by atoms with E-state index in [2.05, 4.69) is 21.1 Å². The second-order valence-corrected chi connectivity index (χ2v) is 10.7. The Morgan fingerprint density at radius 1 is 1.14 bits per heavy atom. The third kappa shape index (κ3) is 7.36. The molecule has 0 saturated heterocycles. The second-order valence-electron chi connectivity index (χ2n) is 10.7. The minimum absolute atomic E-state index is 0.200. The molecular weight excluding hydrogens is 556 g/mol. The SMILES string of the molecule is COc1ccc(NC(=O)Nc2ccc3c(c2)C(=O)N([C@H](C)CO)C[C@H](C)[C@H](CN(C)C(=O)Nc2c(C)noc2C)O3)cc1. The van der Waals surface area contributed by atoms with Crippen LogP contribution in [0.5, 0.6) is 11.5 Å². The monoisotopic (exact) mass is 594 g/mol. The van der Waals surface area contributed by atoms with Gasteiger partial charge in [0, 0.05) is 30.9 Å². The van der Waals surface area contributed by atoms with Crippen molar-refractivity contribution in [3.8, 4) is 11.5 Å². The van der Waals surface area contributed by atoms with Gasteiger partial charge >= 0.3 is 12.1 Å². The van der Waals surface area contributed by atoms with E-state index in [0.29, 0.717) is 40.0 Å². The second kappa shape index (κ2) is 13.5. The summed E-state index contributed by atoms with van der Waals surface area (Å²) in [5.74, 6) is 0.919. The van der Waals surface area contributed by atoms with Crippen LogP contribution in [0.4, 0.5) is 26.7 Å². The first-order valence-electron chi connectivity index (χ1n) is 13.9. The summed E-state index contributed by atoms with van der Waals surface area (Å²) < 4.78 is 16.6. The molecule has 0 fully saturated rings. The molecule has 13 heteroatoms. The predicted molar refractivity (Wildman–Crippen MR) is 161 cm³/mol. The lowest BCUT2D eigenvalue weighted by Crippen LogP contribution is -2.50. The zero-order valence-electron chi connectivity index (χ0n) is 25.1. The number of aliphatic hydroxyl groups excluding tert-OH is 1. The number of fused-ring (bicyclic) bond motifs is 1. The van der Waals surface area contributed by atoms with E-state index in [9.17, 15) is 19.5 Å². The summed E-state index contributed by atoms with van der Waals surface area (Å²) in [4.78, 5) is 42.5.